The van der Waals surface area contributed by atoms with Gasteiger partial charge < -0.3 is 15.3 Å². The van der Waals surface area contributed by atoms with E-state index < -0.39 is 12.0 Å². The van der Waals surface area contributed by atoms with E-state index in [1.165, 1.54) is 18.2 Å². The van der Waals surface area contributed by atoms with Crippen molar-refractivity contribution in [3.63, 3.8) is 0 Å². The van der Waals surface area contributed by atoms with Crippen LogP contribution in [0.2, 0.25) is 0 Å². The number of aliphatic hydroxyl groups excluding tert-OH is 1. The molecule has 7 heteroatoms. The SMILES string of the molecule is CC(O)CN1CCN(C(=O)Nc2cccc(C(C)(F)F)c2)C(C)C1. The summed E-state index contributed by atoms with van der Waals surface area (Å²) in [4.78, 5) is 16.2. The number of nitrogens with one attached hydrogen (secondary N) is 1. The molecule has 2 unspecified atom stereocenters. The fourth-order valence-electron chi connectivity index (χ4n) is 2.94. The number of amides is 2. The second-order valence-corrected chi connectivity index (χ2v) is 6.55. The smallest absolute Gasteiger partial charge is 0.322 e. The monoisotopic (exact) mass is 341 g/mol. The summed E-state index contributed by atoms with van der Waals surface area (Å²) in [7, 11) is 0. The van der Waals surface area contributed by atoms with Crippen molar-refractivity contribution < 1.29 is 18.7 Å². The Labute approximate surface area is 141 Å². The molecule has 1 saturated heterocycles. The van der Waals surface area contributed by atoms with Crippen LogP contribution in [0.3, 0.4) is 0 Å². The van der Waals surface area contributed by atoms with Crippen LogP contribution in [-0.2, 0) is 5.92 Å². The highest BCUT2D eigenvalue weighted by atomic mass is 19.3. The van der Waals surface area contributed by atoms with Crippen molar-refractivity contribution in [2.75, 3.05) is 31.5 Å². The quantitative estimate of drug-likeness (QED) is 0.885. The van der Waals surface area contributed by atoms with Crippen LogP contribution in [0.1, 0.15) is 26.3 Å². The van der Waals surface area contributed by atoms with E-state index in [9.17, 15) is 18.7 Å². The van der Waals surface area contributed by atoms with Crippen LogP contribution in [-0.4, -0.2) is 59.3 Å². The van der Waals surface area contributed by atoms with Gasteiger partial charge in [-0.15, -0.1) is 0 Å². The Morgan fingerprint density at radius 2 is 2.17 bits per heavy atom. The predicted octanol–water partition coefficient (Wildman–Crippen LogP) is 2.72. The molecule has 0 radical (unpaired) electrons. The van der Waals surface area contributed by atoms with Gasteiger partial charge in [0.1, 0.15) is 0 Å². The average molecular weight is 341 g/mol. The Kier molecular flexibility index (Phi) is 5.77. The first-order valence-corrected chi connectivity index (χ1v) is 8.13. The molecule has 0 spiro atoms. The topological polar surface area (TPSA) is 55.8 Å². The third kappa shape index (κ3) is 4.88. The number of carbonyl (C=O) groups is 1. The van der Waals surface area contributed by atoms with Crippen LogP contribution >= 0.6 is 0 Å². The largest absolute Gasteiger partial charge is 0.392 e. The number of β-amino-alcohol motifs (C(OH)–C–C–N with tert-alkyl or cyclic N) is 1. The van der Waals surface area contributed by atoms with E-state index in [1.807, 2.05) is 6.92 Å². The lowest BCUT2D eigenvalue weighted by molar-refractivity contribution is 0.0175. The van der Waals surface area contributed by atoms with E-state index in [0.29, 0.717) is 31.9 Å². The Bertz CT molecular complexity index is 575. The standard InChI is InChI=1S/C17H25F2N3O2/c1-12-10-21(11-13(2)23)7-8-22(12)16(24)20-15-6-4-5-14(9-15)17(3,18)19/h4-6,9,12-13,23H,7-8,10-11H2,1-3H3,(H,20,24). The zero-order valence-electron chi connectivity index (χ0n) is 14.3. The first kappa shape index (κ1) is 18.6. The van der Waals surface area contributed by atoms with Crippen molar-refractivity contribution in [3.8, 4) is 0 Å². The zero-order chi connectivity index (χ0) is 17.9. The predicted molar refractivity (Wildman–Crippen MR) is 89.3 cm³/mol. The Morgan fingerprint density at radius 3 is 2.75 bits per heavy atom. The molecule has 1 aliphatic heterocycles. The molecule has 134 valence electrons. The summed E-state index contributed by atoms with van der Waals surface area (Å²) in [6.07, 6.45) is -0.406. The van der Waals surface area contributed by atoms with Crippen LogP contribution in [0.4, 0.5) is 19.3 Å². The molecule has 2 N–H and O–H groups in total. The van der Waals surface area contributed by atoms with Crippen LogP contribution < -0.4 is 5.32 Å². The highest BCUT2D eigenvalue weighted by molar-refractivity contribution is 5.89. The van der Waals surface area contributed by atoms with E-state index in [2.05, 4.69) is 10.2 Å². The molecule has 5 nitrogen and oxygen atoms in total. The summed E-state index contributed by atoms with van der Waals surface area (Å²) in [6, 6.07) is 5.43. The lowest BCUT2D eigenvalue weighted by atomic mass is 10.1. The maximum atomic E-state index is 13.4. The second kappa shape index (κ2) is 7.44. The summed E-state index contributed by atoms with van der Waals surface area (Å²) in [5.74, 6) is -2.94. The van der Waals surface area contributed by atoms with Crippen molar-refractivity contribution in [3.05, 3.63) is 29.8 Å². The fraction of sp³-hybridized carbons (Fsp3) is 0.588. The van der Waals surface area contributed by atoms with E-state index in [1.54, 1.807) is 17.9 Å². The number of benzene rings is 1. The lowest BCUT2D eigenvalue weighted by Gasteiger charge is -2.40. The van der Waals surface area contributed by atoms with Crippen LogP contribution in [0.25, 0.3) is 0 Å². The number of piperazine rings is 1. The number of hydrogen-bond donors (Lipinski definition) is 2. The molecule has 0 aliphatic carbocycles. The molecule has 0 aromatic heterocycles. The molecular weight excluding hydrogens is 316 g/mol. The number of halogens is 2. The second-order valence-electron chi connectivity index (χ2n) is 6.55. The van der Waals surface area contributed by atoms with Crippen molar-refractivity contribution in [1.82, 2.24) is 9.80 Å². The van der Waals surface area contributed by atoms with Crippen LogP contribution in [0.5, 0.6) is 0 Å². The average Bonchev–Trinajstić information content (AvgIpc) is 2.46. The molecule has 2 atom stereocenters. The van der Waals surface area contributed by atoms with Gasteiger partial charge in [0.05, 0.1) is 6.10 Å². The molecule has 1 aromatic rings. The molecule has 1 aliphatic rings. The third-order valence-corrected chi connectivity index (χ3v) is 4.12. The van der Waals surface area contributed by atoms with Gasteiger partial charge in [0.15, 0.2) is 0 Å². The van der Waals surface area contributed by atoms with Gasteiger partial charge >= 0.3 is 6.03 Å². The van der Waals surface area contributed by atoms with E-state index in [-0.39, 0.29) is 17.6 Å². The summed E-state index contributed by atoms with van der Waals surface area (Å²) in [5.41, 5.74) is 0.229. The summed E-state index contributed by atoms with van der Waals surface area (Å²) < 4.78 is 26.8. The number of aliphatic hydroxyl groups is 1. The van der Waals surface area contributed by atoms with Crippen molar-refractivity contribution >= 4 is 11.7 Å². The molecule has 0 saturated carbocycles. The number of carbonyl (C=O) groups excluding carboxylic acids is 1. The van der Waals surface area contributed by atoms with Gasteiger partial charge in [0.2, 0.25) is 0 Å². The first-order valence-electron chi connectivity index (χ1n) is 8.13. The number of alkyl halides is 2. The number of hydrogen-bond acceptors (Lipinski definition) is 3. The minimum absolute atomic E-state index is 0.0201. The van der Waals surface area contributed by atoms with Gasteiger partial charge in [-0.3, -0.25) is 4.90 Å². The molecule has 2 amide bonds. The number of rotatable bonds is 4. The number of nitrogens with zero attached hydrogens (tertiary/aromatic N) is 2. The van der Waals surface area contributed by atoms with Crippen LogP contribution in [0.15, 0.2) is 24.3 Å². The van der Waals surface area contributed by atoms with E-state index in [4.69, 9.17) is 0 Å². The van der Waals surface area contributed by atoms with Crippen molar-refractivity contribution in [1.29, 1.82) is 0 Å². The Morgan fingerprint density at radius 1 is 1.46 bits per heavy atom. The normalized spacial score (nSPS) is 20.8. The summed E-state index contributed by atoms with van der Waals surface area (Å²) in [6.45, 7) is 6.96. The minimum atomic E-state index is -2.94. The maximum Gasteiger partial charge on any atom is 0.322 e. The highest BCUT2D eigenvalue weighted by Gasteiger charge is 2.28. The molecule has 2 rings (SSSR count). The van der Waals surface area contributed by atoms with Gasteiger partial charge in [-0.25, -0.2) is 13.6 Å². The number of anilines is 1. The van der Waals surface area contributed by atoms with Crippen LogP contribution in [0, 0.1) is 0 Å². The molecule has 1 fully saturated rings. The zero-order valence-corrected chi connectivity index (χ0v) is 14.3. The lowest BCUT2D eigenvalue weighted by Crippen LogP contribution is -2.56. The molecule has 1 heterocycles. The molecule has 0 bridgehead atoms. The Hall–Kier alpha value is -1.73. The Balaban J connectivity index is 1.98. The highest BCUT2D eigenvalue weighted by Crippen LogP contribution is 2.28. The first-order chi connectivity index (χ1) is 11.2. The van der Waals surface area contributed by atoms with Gasteiger partial charge in [-0.1, -0.05) is 12.1 Å². The van der Waals surface area contributed by atoms with Crippen molar-refractivity contribution in [2.45, 2.75) is 38.8 Å². The maximum absolute atomic E-state index is 13.4. The van der Waals surface area contributed by atoms with E-state index in [0.717, 1.165) is 6.92 Å². The fourth-order valence-corrected chi connectivity index (χ4v) is 2.94. The van der Waals surface area contributed by atoms with Gasteiger partial charge in [0.25, 0.3) is 5.92 Å². The molecule has 1 aromatic carbocycles. The van der Waals surface area contributed by atoms with E-state index >= 15 is 0 Å². The summed E-state index contributed by atoms with van der Waals surface area (Å²) >= 11 is 0. The van der Waals surface area contributed by atoms with Gasteiger partial charge in [-0.2, -0.15) is 0 Å². The third-order valence-electron chi connectivity index (χ3n) is 4.12. The summed E-state index contributed by atoms with van der Waals surface area (Å²) in [5, 5.41) is 12.2. The van der Waals surface area contributed by atoms with Gasteiger partial charge in [-0.05, 0) is 26.0 Å². The molecule has 24 heavy (non-hydrogen) atoms. The van der Waals surface area contributed by atoms with Gasteiger partial charge in [0, 0.05) is 50.4 Å². The molecular formula is C17H25F2N3O2. The van der Waals surface area contributed by atoms with Crippen molar-refractivity contribution in [2.24, 2.45) is 0 Å². The minimum Gasteiger partial charge on any atom is -0.392 e. The number of urea groups is 1.